The number of carbonyl (C=O) groups is 1. The van der Waals surface area contributed by atoms with E-state index in [0.717, 1.165) is 17.0 Å². The summed E-state index contributed by atoms with van der Waals surface area (Å²) in [5.41, 5.74) is 2.37. The van der Waals surface area contributed by atoms with E-state index in [1.54, 1.807) is 23.4 Å². The molecule has 0 aliphatic heterocycles. The third-order valence-corrected chi connectivity index (χ3v) is 3.91. The molecule has 0 saturated carbocycles. The van der Waals surface area contributed by atoms with Crippen molar-refractivity contribution in [2.75, 3.05) is 11.9 Å². The molecular weight excluding hydrogens is 314 g/mol. The van der Waals surface area contributed by atoms with Crippen molar-refractivity contribution in [1.82, 2.24) is 9.88 Å². The smallest absolute Gasteiger partial charge is 0.272 e. The Kier molecular flexibility index (Phi) is 5.46. The molecule has 0 atom stereocenters. The van der Waals surface area contributed by atoms with Gasteiger partial charge in [-0.2, -0.15) is 0 Å². The van der Waals surface area contributed by atoms with Crippen LogP contribution in [-0.4, -0.2) is 22.3 Å². The molecule has 3 aromatic rings. The lowest BCUT2D eigenvalue weighted by Crippen LogP contribution is -2.31. The largest absolute Gasteiger partial charge is 0.467 e. The van der Waals surface area contributed by atoms with Crippen molar-refractivity contribution < 1.29 is 9.21 Å². The zero-order chi connectivity index (χ0) is 17.5. The van der Waals surface area contributed by atoms with Crippen LogP contribution in [0.4, 0.5) is 5.69 Å². The average molecular weight is 335 g/mol. The van der Waals surface area contributed by atoms with Crippen LogP contribution in [0.25, 0.3) is 0 Å². The monoisotopic (exact) mass is 335 g/mol. The number of hydrogen-bond acceptors (Lipinski definition) is 4. The highest BCUT2D eigenvalue weighted by molar-refractivity contribution is 5.93. The maximum absolute atomic E-state index is 12.8. The number of furan rings is 1. The van der Waals surface area contributed by atoms with Gasteiger partial charge in [-0.25, -0.2) is 0 Å². The number of hydrogen-bond donors (Lipinski definition) is 1. The zero-order valence-corrected chi connectivity index (χ0v) is 14.2. The summed E-state index contributed by atoms with van der Waals surface area (Å²) in [6, 6.07) is 17.3. The van der Waals surface area contributed by atoms with Gasteiger partial charge in [0.05, 0.1) is 12.8 Å². The molecule has 0 aliphatic carbocycles. The number of carbonyl (C=O) groups excluding carboxylic acids is 1. The highest BCUT2D eigenvalue weighted by Gasteiger charge is 2.16. The second-order valence-corrected chi connectivity index (χ2v) is 5.67. The lowest BCUT2D eigenvalue weighted by Gasteiger charge is -2.21. The first kappa shape index (κ1) is 16.8. The normalized spacial score (nSPS) is 10.4. The molecule has 25 heavy (non-hydrogen) atoms. The Balaban J connectivity index is 1.68. The Hall–Kier alpha value is -3.08. The number of benzene rings is 1. The van der Waals surface area contributed by atoms with Crippen molar-refractivity contribution >= 4 is 11.6 Å². The molecule has 1 N–H and O–H groups in total. The number of nitrogens with zero attached hydrogens (tertiary/aromatic N) is 2. The molecular formula is C20H21N3O2. The molecule has 1 amide bonds. The second-order valence-electron chi connectivity index (χ2n) is 5.67. The molecule has 0 saturated heterocycles. The Morgan fingerprint density at radius 3 is 2.72 bits per heavy atom. The predicted molar refractivity (Wildman–Crippen MR) is 97.1 cm³/mol. The van der Waals surface area contributed by atoms with Crippen LogP contribution in [0.15, 0.2) is 71.5 Å². The first-order valence-corrected chi connectivity index (χ1v) is 8.31. The van der Waals surface area contributed by atoms with Crippen LogP contribution in [-0.2, 0) is 13.1 Å². The summed E-state index contributed by atoms with van der Waals surface area (Å²) in [6.45, 7) is 3.73. The van der Waals surface area contributed by atoms with E-state index in [4.69, 9.17) is 4.42 Å². The van der Waals surface area contributed by atoms with Crippen LogP contribution in [0.3, 0.4) is 0 Å². The Morgan fingerprint density at radius 2 is 2.00 bits per heavy atom. The fraction of sp³-hybridized carbons (Fsp3) is 0.200. The standard InChI is InChI=1S/C20H21N3O2/c1-2-23(15-16-7-4-3-5-8-16)20(24)19-13-17(10-11-21-19)22-14-18-9-6-12-25-18/h3-13H,2,14-15H2,1H3,(H,21,22). The molecule has 2 heterocycles. The maximum atomic E-state index is 12.8. The number of pyridine rings is 1. The van der Waals surface area contributed by atoms with Crippen LogP contribution >= 0.6 is 0 Å². The third-order valence-electron chi connectivity index (χ3n) is 3.91. The topological polar surface area (TPSA) is 58.4 Å². The van der Waals surface area contributed by atoms with Crippen molar-refractivity contribution in [2.45, 2.75) is 20.0 Å². The lowest BCUT2D eigenvalue weighted by atomic mass is 10.2. The Labute approximate surface area is 147 Å². The van der Waals surface area contributed by atoms with Gasteiger partial charge in [0, 0.05) is 25.0 Å². The second kappa shape index (κ2) is 8.15. The highest BCUT2D eigenvalue weighted by Crippen LogP contribution is 2.14. The zero-order valence-electron chi connectivity index (χ0n) is 14.2. The fourth-order valence-electron chi connectivity index (χ4n) is 2.55. The summed E-state index contributed by atoms with van der Waals surface area (Å²) < 4.78 is 5.30. The van der Waals surface area contributed by atoms with Gasteiger partial charge in [-0.15, -0.1) is 0 Å². The van der Waals surface area contributed by atoms with E-state index in [2.05, 4.69) is 10.3 Å². The van der Waals surface area contributed by atoms with Gasteiger partial charge in [0.25, 0.3) is 5.91 Å². The summed E-state index contributed by atoms with van der Waals surface area (Å²) in [4.78, 5) is 18.8. The summed E-state index contributed by atoms with van der Waals surface area (Å²) in [5, 5.41) is 3.24. The van der Waals surface area contributed by atoms with Gasteiger partial charge in [-0.3, -0.25) is 9.78 Å². The molecule has 0 spiro atoms. The van der Waals surface area contributed by atoms with Crippen LogP contribution in [0.2, 0.25) is 0 Å². The minimum Gasteiger partial charge on any atom is -0.467 e. The van der Waals surface area contributed by atoms with Crippen LogP contribution in [0, 0.1) is 0 Å². The first-order chi connectivity index (χ1) is 12.3. The van der Waals surface area contributed by atoms with Gasteiger partial charge in [-0.1, -0.05) is 30.3 Å². The van der Waals surface area contributed by atoms with Crippen molar-refractivity contribution in [3.63, 3.8) is 0 Å². The SMILES string of the molecule is CCN(Cc1ccccc1)C(=O)c1cc(NCc2ccco2)ccn1. The molecule has 3 rings (SSSR count). The molecule has 0 fully saturated rings. The summed E-state index contributed by atoms with van der Waals surface area (Å²) in [5.74, 6) is 0.761. The summed E-state index contributed by atoms with van der Waals surface area (Å²) in [7, 11) is 0. The van der Waals surface area contributed by atoms with Crippen molar-refractivity contribution in [3.8, 4) is 0 Å². The Bertz CT molecular complexity index is 801. The van der Waals surface area contributed by atoms with Gasteiger partial charge in [0.15, 0.2) is 0 Å². The van der Waals surface area contributed by atoms with Gasteiger partial charge >= 0.3 is 0 Å². The molecule has 0 bridgehead atoms. The highest BCUT2D eigenvalue weighted by atomic mass is 16.3. The van der Waals surface area contributed by atoms with Crippen molar-refractivity contribution in [3.05, 3.63) is 84.1 Å². The number of anilines is 1. The van der Waals surface area contributed by atoms with Gasteiger partial charge in [0.1, 0.15) is 11.5 Å². The van der Waals surface area contributed by atoms with E-state index in [1.165, 1.54) is 0 Å². The van der Waals surface area contributed by atoms with E-state index in [-0.39, 0.29) is 5.91 Å². The van der Waals surface area contributed by atoms with Gasteiger partial charge < -0.3 is 14.6 Å². The lowest BCUT2D eigenvalue weighted by molar-refractivity contribution is 0.0746. The predicted octanol–water partition coefficient (Wildman–Crippen LogP) is 3.95. The van der Waals surface area contributed by atoms with Crippen molar-refractivity contribution in [2.24, 2.45) is 0 Å². The van der Waals surface area contributed by atoms with Crippen molar-refractivity contribution in [1.29, 1.82) is 0 Å². The summed E-state index contributed by atoms with van der Waals surface area (Å²) in [6.07, 6.45) is 3.29. The van der Waals surface area contributed by atoms with E-state index < -0.39 is 0 Å². The fourth-order valence-corrected chi connectivity index (χ4v) is 2.55. The molecule has 0 unspecified atom stereocenters. The van der Waals surface area contributed by atoms with Crippen LogP contribution in [0.1, 0.15) is 28.7 Å². The maximum Gasteiger partial charge on any atom is 0.272 e. The van der Waals surface area contributed by atoms with Crippen LogP contribution in [0.5, 0.6) is 0 Å². The minimum absolute atomic E-state index is 0.0759. The van der Waals surface area contributed by atoms with E-state index in [0.29, 0.717) is 25.3 Å². The van der Waals surface area contributed by atoms with Crippen LogP contribution < -0.4 is 5.32 Å². The molecule has 1 aromatic carbocycles. The van der Waals surface area contributed by atoms with Gasteiger partial charge in [-0.05, 0) is 36.8 Å². The van der Waals surface area contributed by atoms with E-state index in [1.807, 2.05) is 55.5 Å². The number of amides is 1. The molecule has 5 nitrogen and oxygen atoms in total. The minimum atomic E-state index is -0.0759. The quantitative estimate of drug-likeness (QED) is 0.710. The molecule has 2 aromatic heterocycles. The Morgan fingerprint density at radius 1 is 1.16 bits per heavy atom. The molecule has 5 heteroatoms. The number of aromatic nitrogens is 1. The van der Waals surface area contributed by atoms with Gasteiger partial charge in [0.2, 0.25) is 0 Å². The molecule has 0 aliphatic rings. The summed E-state index contributed by atoms with van der Waals surface area (Å²) >= 11 is 0. The van der Waals surface area contributed by atoms with E-state index >= 15 is 0 Å². The number of nitrogens with one attached hydrogen (secondary N) is 1. The molecule has 0 radical (unpaired) electrons. The first-order valence-electron chi connectivity index (χ1n) is 8.31. The van der Waals surface area contributed by atoms with E-state index in [9.17, 15) is 4.79 Å². The number of rotatable bonds is 7. The average Bonchev–Trinajstić information content (AvgIpc) is 3.18. The molecule has 128 valence electrons. The third kappa shape index (κ3) is 4.47.